The lowest BCUT2D eigenvalue weighted by atomic mass is 10.2. The van der Waals surface area contributed by atoms with Gasteiger partial charge in [-0.2, -0.15) is 0 Å². The number of hydrogen-bond acceptors (Lipinski definition) is 2. The van der Waals surface area contributed by atoms with E-state index < -0.39 is 0 Å². The van der Waals surface area contributed by atoms with Crippen LogP contribution in [0, 0.1) is 5.82 Å². The van der Waals surface area contributed by atoms with Crippen LogP contribution in [-0.2, 0) is 0 Å². The van der Waals surface area contributed by atoms with Crippen LogP contribution in [-0.4, -0.2) is 19.2 Å². The summed E-state index contributed by atoms with van der Waals surface area (Å²) in [4.78, 5) is 0. The molecule has 0 amide bonds. The minimum atomic E-state index is -0.271. The Morgan fingerprint density at radius 2 is 2.07 bits per heavy atom. The first-order chi connectivity index (χ1) is 6.63. The highest BCUT2D eigenvalue weighted by Gasteiger charge is 2.11. The number of rotatable bonds is 4. The quantitative estimate of drug-likeness (QED) is 0.799. The maximum atomic E-state index is 12.8. The fourth-order valence-electron chi connectivity index (χ4n) is 1.09. The molecule has 1 N–H and O–H groups in total. The van der Waals surface area contributed by atoms with E-state index in [1.54, 1.807) is 12.1 Å². The molecule has 0 radical (unpaired) electrons. The molecule has 0 bridgehead atoms. The Hall–Kier alpha value is -1.09. The van der Waals surface area contributed by atoms with E-state index >= 15 is 0 Å². The zero-order chi connectivity index (χ0) is 10.6. The number of nitrogens with one attached hydrogen (secondary N) is 1. The van der Waals surface area contributed by atoms with Crippen LogP contribution < -0.4 is 10.1 Å². The van der Waals surface area contributed by atoms with Crippen molar-refractivity contribution >= 4 is 0 Å². The Kier molecular flexibility index (Phi) is 3.89. The van der Waals surface area contributed by atoms with Crippen molar-refractivity contribution < 1.29 is 9.13 Å². The van der Waals surface area contributed by atoms with Crippen molar-refractivity contribution in [2.75, 3.05) is 7.05 Å². The molecule has 0 aliphatic rings. The third-order valence-corrected chi connectivity index (χ3v) is 2.28. The Morgan fingerprint density at radius 3 is 2.64 bits per heavy atom. The van der Waals surface area contributed by atoms with Crippen LogP contribution in [0.2, 0.25) is 0 Å². The lowest BCUT2D eigenvalue weighted by molar-refractivity contribution is 0.182. The first-order valence-corrected chi connectivity index (χ1v) is 4.73. The van der Waals surface area contributed by atoms with E-state index in [1.165, 1.54) is 12.1 Å². The molecule has 2 nitrogen and oxygen atoms in total. The maximum absolute atomic E-state index is 12.8. The molecule has 0 spiro atoms. The second kappa shape index (κ2) is 4.96. The Morgan fingerprint density at radius 1 is 1.36 bits per heavy atom. The van der Waals surface area contributed by atoms with Crippen molar-refractivity contribution in [3.05, 3.63) is 30.1 Å². The van der Waals surface area contributed by atoms with Crippen molar-refractivity contribution in [3.63, 3.8) is 0 Å². The van der Waals surface area contributed by atoms with Gasteiger partial charge in [0.1, 0.15) is 17.7 Å². The Balaban J connectivity index is 2.60. The third kappa shape index (κ3) is 3.00. The summed E-state index contributed by atoms with van der Waals surface area (Å²) in [5.74, 6) is 0.298. The van der Waals surface area contributed by atoms with E-state index in [0.29, 0.717) is 5.75 Å². The lowest BCUT2D eigenvalue weighted by Crippen LogP contribution is -2.36. The van der Waals surface area contributed by atoms with Gasteiger partial charge in [0, 0.05) is 12.1 Å². The molecular formula is C11H16FNO. The molecule has 78 valence electrons. The number of halogens is 1. The second-order valence-corrected chi connectivity index (χ2v) is 3.36. The first kappa shape index (κ1) is 11.0. The molecule has 0 aliphatic carbocycles. The van der Waals surface area contributed by atoms with Gasteiger partial charge in [-0.25, -0.2) is 4.39 Å². The number of hydrogen-bond donors (Lipinski definition) is 1. The third-order valence-electron chi connectivity index (χ3n) is 2.28. The van der Waals surface area contributed by atoms with Gasteiger partial charge in [-0.15, -0.1) is 0 Å². The predicted molar refractivity (Wildman–Crippen MR) is 55.0 cm³/mol. The van der Waals surface area contributed by atoms with Crippen LogP contribution in [0.5, 0.6) is 5.75 Å². The van der Waals surface area contributed by atoms with Crippen molar-refractivity contribution in [1.29, 1.82) is 0 Å². The molecule has 0 saturated carbocycles. The van der Waals surface area contributed by atoms with Crippen molar-refractivity contribution in [2.45, 2.75) is 26.0 Å². The van der Waals surface area contributed by atoms with Gasteiger partial charge in [-0.1, -0.05) is 6.07 Å². The summed E-state index contributed by atoms with van der Waals surface area (Å²) < 4.78 is 18.4. The number of ether oxygens (including phenoxy) is 1. The van der Waals surface area contributed by atoms with Crippen molar-refractivity contribution in [2.24, 2.45) is 0 Å². The van der Waals surface area contributed by atoms with Gasteiger partial charge in [0.25, 0.3) is 0 Å². The van der Waals surface area contributed by atoms with E-state index in [-0.39, 0.29) is 18.0 Å². The van der Waals surface area contributed by atoms with Crippen LogP contribution in [0.3, 0.4) is 0 Å². The topological polar surface area (TPSA) is 21.3 Å². The van der Waals surface area contributed by atoms with Gasteiger partial charge < -0.3 is 10.1 Å². The zero-order valence-corrected chi connectivity index (χ0v) is 8.75. The molecule has 1 rings (SSSR count). The normalized spacial score (nSPS) is 14.9. The predicted octanol–water partition coefficient (Wildman–Crippen LogP) is 2.20. The van der Waals surface area contributed by atoms with Crippen LogP contribution in [0.4, 0.5) is 4.39 Å². The van der Waals surface area contributed by atoms with E-state index in [2.05, 4.69) is 5.32 Å². The smallest absolute Gasteiger partial charge is 0.126 e. The molecule has 3 heteroatoms. The van der Waals surface area contributed by atoms with Crippen LogP contribution >= 0.6 is 0 Å². The SMILES string of the molecule is CNC(C)C(C)Oc1cccc(F)c1. The average molecular weight is 197 g/mol. The molecule has 1 aromatic rings. The summed E-state index contributed by atoms with van der Waals surface area (Å²) in [5.41, 5.74) is 0. The summed E-state index contributed by atoms with van der Waals surface area (Å²) >= 11 is 0. The van der Waals surface area contributed by atoms with Gasteiger partial charge in [-0.05, 0) is 33.0 Å². The van der Waals surface area contributed by atoms with Crippen LogP contribution in [0.25, 0.3) is 0 Å². The maximum Gasteiger partial charge on any atom is 0.126 e. The molecule has 1 aromatic carbocycles. The lowest BCUT2D eigenvalue weighted by Gasteiger charge is -2.20. The molecule has 2 atom stereocenters. The van der Waals surface area contributed by atoms with E-state index in [0.717, 1.165) is 0 Å². The largest absolute Gasteiger partial charge is 0.489 e. The molecular weight excluding hydrogens is 181 g/mol. The minimum Gasteiger partial charge on any atom is -0.489 e. The van der Waals surface area contributed by atoms with Gasteiger partial charge in [-0.3, -0.25) is 0 Å². The standard InChI is InChI=1S/C11H16FNO/c1-8(13-3)9(2)14-11-6-4-5-10(12)7-11/h4-9,13H,1-3H3. The fourth-order valence-corrected chi connectivity index (χ4v) is 1.09. The zero-order valence-electron chi connectivity index (χ0n) is 8.75. The summed E-state index contributed by atoms with van der Waals surface area (Å²) in [7, 11) is 1.87. The molecule has 2 unspecified atom stereocenters. The highest BCUT2D eigenvalue weighted by atomic mass is 19.1. The Bertz CT molecular complexity index is 290. The molecule has 0 heterocycles. The molecule has 0 saturated heterocycles. The number of benzene rings is 1. The second-order valence-electron chi connectivity index (χ2n) is 3.36. The summed E-state index contributed by atoms with van der Waals surface area (Å²) in [5, 5.41) is 3.08. The molecule has 14 heavy (non-hydrogen) atoms. The monoisotopic (exact) mass is 197 g/mol. The fraction of sp³-hybridized carbons (Fsp3) is 0.455. The van der Waals surface area contributed by atoms with Gasteiger partial charge in [0.05, 0.1) is 0 Å². The molecule has 0 fully saturated rings. The van der Waals surface area contributed by atoms with Crippen LogP contribution in [0.1, 0.15) is 13.8 Å². The number of likely N-dealkylation sites (N-methyl/N-ethyl adjacent to an activating group) is 1. The average Bonchev–Trinajstić information content (AvgIpc) is 2.16. The van der Waals surface area contributed by atoms with Gasteiger partial charge >= 0.3 is 0 Å². The molecule has 0 aliphatic heterocycles. The van der Waals surface area contributed by atoms with Gasteiger partial charge in [0.15, 0.2) is 0 Å². The van der Waals surface area contributed by atoms with Crippen molar-refractivity contribution in [3.8, 4) is 5.75 Å². The highest BCUT2D eigenvalue weighted by molar-refractivity contribution is 5.22. The van der Waals surface area contributed by atoms with Crippen LogP contribution in [0.15, 0.2) is 24.3 Å². The summed E-state index contributed by atoms with van der Waals surface area (Å²) in [6.07, 6.45) is 0.0156. The van der Waals surface area contributed by atoms with E-state index in [4.69, 9.17) is 4.74 Å². The molecule has 0 aromatic heterocycles. The Labute approximate surface area is 84.1 Å². The van der Waals surface area contributed by atoms with Gasteiger partial charge in [0.2, 0.25) is 0 Å². The summed E-state index contributed by atoms with van der Waals surface area (Å²) in [6.45, 7) is 3.97. The van der Waals surface area contributed by atoms with Crippen molar-refractivity contribution in [1.82, 2.24) is 5.32 Å². The minimum absolute atomic E-state index is 0.0156. The van der Waals surface area contributed by atoms with E-state index in [1.807, 2.05) is 20.9 Å². The van der Waals surface area contributed by atoms with E-state index in [9.17, 15) is 4.39 Å². The first-order valence-electron chi connectivity index (χ1n) is 4.73. The highest BCUT2D eigenvalue weighted by Crippen LogP contribution is 2.14. The summed E-state index contributed by atoms with van der Waals surface area (Å²) in [6, 6.07) is 6.42.